The molecule has 0 heterocycles. The first-order valence-electron chi connectivity index (χ1n) is 5.86. The Bertz CT molecular complexity index is 532. The number of ketones is 1. The lowest BCUT2D eigenvalue weighted by Crippen LogP contribution is -2.05. The van der Waals surface area contributed by atoms with E-state index in [0.29, 0.717) is 17.5 Å². The Hall–Kier alpha value is -1.94. The lowest BCUT2D eigenvalue weighted by molar-refractivity contribution is 0.104. The number of carbonyl (C=O) groups excluding carboxylic acids is 1. The van der Waals surface area contributed by atoms with Gasteiger partial charge in [-0.1, -0.05) is 24.3 Å². The van der Waals surface area contributed by atoms with Crippen LogP contribution in [0.15, 0.2) is 34.8 Å². The number of allylic oxidation sites excluding steroid dienone is 1. The van der Waals surface area contributed by atoms with E-state index in [2.05, 4.69) is 4.99 Å². The first-order chi connectivity index (χ1) is 8.65. The second kappa shape index (κ2) is 5.14. The van der Waals surface area contributed by atoms with Gasteiger partial charge in [-0.2, -0.15) is 0 Å². The van der Waals surface area contributed by atoms with E-state index in [1.165, 1.54) is 6.21 Å². The van der Waals surface area contributed by atoms with E-state index in [1.807, 2.05) is 6.92 Å². The lowest BCUT2D eigenvalue weighted by atomic mass is 10.1. The van der Waals surface area contributed by atoms with Crippen molar-refractivity contribution in [3.8, 4) is 0 Å². The van der Waals surface area contributed by atoms with Crippen molar-refractivity contribution < 1.29 is 15.0 Å². The number of aliphatic hydroxyl groups excluding tert-OH is 2. The number of benzene rings is 1. The standard InChI is InChI=1S/C14H15NO3/c1-9(6-7-16)15-8-12-13(17)10-4-2-3-5-11(10)14(12)18/h2-5,8-9,16-17H,6-7H2,1H3. The molecule has 1 aliphatic rings. The van der Waals surface area contributed by atoms with Gasteiger partial charge in [-0.15, -0.1) is 0 Å². The summed E-state index contributed by atoms with van der Waals surface area (Å²) in [5.41, 5.74) is 1.28. The second-order valence-electron chi connectivity index (χ2n) is 4.28. The van der Waals surface area contributed by atoms with Gasteiger partial charge in [-0.3, -0.25) is 9.79 Å². The first-order valence-corrected chi connectivity index (χ1v) is 5.86. The van der Waals surface area contributed by atoms with Crippen LogP contribution in [0.5, 0.6) is 0 Å². The fourth-order valence-corrected chi connectivity index (χ4v) is 1.87. The molecule has 0 radical (unpaired) electrons. The average Bonchev–Trinajstić information content (AvgIpc) is 2.61. The number of rotatable bonds is 4. The Morgan fingerprint density at radius 2 is 2.00 bits per heavy atom. The summed E-state index contributed by atoms with van der Waals surface area (Å²) in [4.78, 5) is 16.2. The molecule has 0 saturated carbocycles. The molecule has 0 spiro atoms. The number of carbonyl (C=O) groups is 1. The fourth-order valence-electron chi connectivity index (χ4n) is 1.87. The number of hydrogen-bond donors (Lipinski definition) is 2. The number of Topliss-reactive ketones (excluding diaryl/α,β-unsaturated/α-hetero) is 1. The van der Waals surface area contributed by atoms with Crippen molar-refractivity contribution in [2.45, 2.75) is 19.4 Å². The minimum Gasteiger partial charge on any atom is -0.506 e. The van der Waals surface area contributed by atoms with E-state index in [0.717, 1.165) is 0 Å². The minimum absolute atomic E-state index is 0.0180. The van der Waals surface area contributed by atoms with Crippen LogP contribution in [-0.2, 0) is 0 Å². The normalized spacial score (nSPS) is 16.4. The molecule has 1 aromatic carbocycles. The molecule has 0 aliphatic heterocycles. The summed E-state index contributed by atoms with van der Waals surface area (Å²) < 4.78 is 0. The van der Waals surface area contributed by atoms with E-state index >= 15 is 0 Å². The van der Waals surface area contributed by atoms with Crippen LogP contribution >= 0.6 is 0 Å². The third-order valence-corrected chi connectivity index (χ3v) is 2.93. The zero-order valence-corrected chi connectivity index (χ0v) is 10.1. The van der Waals surface area contributed by atoms with E-state index in [1.54, 1.807) is 24.3 Å². The summed E-state index contributed by atoms with van der Waals surface area (Å²) in [6.07, 6.45) is 1.93. The molecule has 1 unspecified atom stereocenters. The second-order valence-corrected chi connectivity index (χ2v) is 4.28. The van der Waals surface area contributed by atoms with Crippen molar-refractivity contribution in [1.82, 2.24) is 0 Å². The molecular formula is C14H15NO3. The van der Waals surface area contributed by atoms with Crippen LogP contribution < -0.4 is 0 Å². The van der Waals surface area contributed by atoms with E-state index in [-0.39, 0.29) is 29.8 Å². The number of aliphatic imine (C=N–C) groups is 1. The van der Waals surface area contributed by atoms with Gasteiger partial charge in [0.05, 0.1) is 5.57 Å². The summed E-state index contributed by atoms with van der Waals surface area (Å²) >= 11 is 0. The van der Waals surface area contributed by atoms with Crippen molar-refractivity contribution in [3.05, 3.63) is 41.0 Å². The molecule has 1 atom stereocenters. The van der Waals surface area contributed by atoms with Crippen LogP contribution in [0, 0.1) is 0 Å². The summed E-state index contributed by atoms with van der Waals surface area (Å²) in [6, 6.07) is 6.86. The van der Waals surface area contributed by atoms with Crippen LogP contribution in [0.4, 0.5) is 0 Å². The van der Waals surface area contributed by atoms with Crippen LogP contribution in [0.2, 0.25) is 0 Å². The number of fused-ring (bicyclic) bond motifs is 1. The maximum absolute atomic E-state index is 12.0. The highest BCUT2D eigenvalue weighted by atomic mass is 16.3. The van der Waals surface area contributed by atoms with Gasteiger partial charge in [0.1, 0.15) is 5.76 Å². The van der Waals surface area contributed by atoms with E-state index < -0.39 is 0 Å². The molecule has 0 bridgehead atoms. The summed E-state index contributed by atoms with van der Waals surface area (Å²) in [5, 5.41) is 18.7. The third kappa shape index (κ3) is 2.19. The molecule has 0 aromatic heterocycles. The number of aliphatic hydroxyl groups is 2. The van der Waals surface area contributed by atoms with Gasteiger partial charge in [0.25, 0.3) is 0 Å². The topological polar surface area (TPSA) is 69.9 Å². The molecule has 2 N–H and O–H groups in total. The Labute approximate surface area is 105 Å². The quantitative estimate of drug-likeness (QED) is 0.797. The molecule has 0 saturated heterocycles. The molecule has 0 amide bonds. The van der Waals surface area contributed by atoms with Crippen molar-refractivity contribution >= 4 is 17.8 Å². The monoisotopic (exact) mass is 245 g/mol. The van der Waals surface area contributed by atoms with Crippen LogP contribution in [0.25, 0.3) is 5.76 Å². The summed E-state index contributed by atoms with van der Waals surface area (Å²) in [7, 11) is 0. The zero-order valence-electron chi connectivity index (χ0n) is 10.1. The van der Waals surface area contributed by atoms with Crippen molar-refractivity contribution in [2.24, 2.45) is 4.99 Å². The molecule has 94 valence electrons. The molecule has 18 heavy (non-hydrogen) atoms. The smallest absolute Gasteiger partial charge is 0.199 e. The van der Waals surface area contributed by atoms with Crippen molar-refractivity contribution in [1.29, 1.82) is 0 Å². The molecule has 4 heteroatoms. The van der Waals surface area contributed by atoms with E-state index in [9.17, 15) is 9.90 Å². The maximum Gasteiger partial charge on any atom is 0.199 e. The number of nitrogens with zero attached hydrogens (tertiary/aromatic N) is 1. The van der Waals surface area contributed by atoms with Gasteiger partial charge < -0.3 is 10.2 Å². The highest BCUT2D eigenvalue weighted by Crippen LogP contribution is 2.29. The predicted octanol–water partition coefficient (Wildman–Crippen LogP) is 1.99. The van der Waals surface area contributed by atoms with Gasteiger partial charge in [0.15, 0.2) is 5.78 Å². The molecule has 2 rings (SSSR count). The molecule has 1 aromatic rings. The van der Waals surface area contributed by atoms with Crippen LogP contribution in [0.3, 0.4) is 0 Å². The van der Waals surface area contributed by atoms with Crippen molar-refractivity contribution in [3.63, 3.8) is 0 Å². The zero-order chi connectivity index (χ0) is 13.1. The average molecular weight is 245 g/mol. The Morgan fingerprint density at radius 1 is 1.33 bits per heavy atom. The molecule has 0 fully saturated rings. The summed E-state index contributed by atoms with van der Waals surface area (Å²) in [5.74, 6) is -0.224. The van der Waals surface area contributed by atoms with Gasteiger partial charge in [-0.25, -0.2) is 0 Å². The largest absolute Gasteiger partial charge is 0.506 e. The van der Waals surface area contributed by atoms with Gasteiger partial charge in [0, 0.05) is 30.0 Å². The maximum atomic E-state index is 12.0. The fraction of sp³-hybridized carbons (Fsp3) is 0.286. The summed E-state index contributed by atoms with van der Waals surface area (Å²) in [6.45, 7) is 1.90. The van der Waals surface area contributed by atoms with Gasteiger partial charge in [-0.05, 0) is 13.3 Å². The third-order valence-electron chi connectivity index (χ3n) is 2.93. The van der Waals surface area contributed by atoms with Gasteiger partial charge >= 0.3 is 0 Å². The van der Waals surface area contributed by atoms with Crippen LogP contribution in [-0.4, -0.2) is 34.9 Å². The minimum atomic E-state index is -0.206. The molecule has 1 aliphatic carbocycles. The van der Waals surface area contributed by atoms with Crippen molar-refractivity contribution in [2.75, 3.05) is 6.61 Å². The SMILES string of the molecule is CC(CCO)N=CC1=C(O)c2ccccc2C1=O. The van der Waals surface area contributed by atoms with Gasteiger partial charge in [0.2, 0.25) is 0 Å². The predicted molar refractivity (Wildman–Crippen MR) is 70.0 cm³/mol. The Morgan fingerprint density at radius 3 is 2.61 bits per heavy atom. The number of hydrogen-bond acceptors (Lipinski definition) is 4. The van der Waals surface area contributed by atoms with E-state index in [4.69, 9.17) is 5.11 Å². The molecule has 4 nitrogen and oxygen atoms in total. The van der Waals surface area contributed by atoms with Crippen LogP contribution in [0.1, 0.15) is 29.3 Å². The lowest BCUT2D eigenvalue weighted by Gasteiger charge is -2.02. The highest BCUT2D eigenvalue weighted by molar-refractivity contribution is 6.30. The Balaban J connectivity index is 2.26. The first kappa shape index (κ1) is 12.5. The Kier molecular flexibility index (Phi) is 3.58. The molecular weight excluding hydrogens is 230 g/mol. The highest BCUT2D eigenvalue weighted by Gasteiger charge is 2.27.